The van der Waals surface area contributed by atoms with Crippen LogP contribution in [0.5, 0.6) is 5.75 Å². The maximum absolute atomic E-state index is 13.9. The quantitative estimate of drug-likeness (QED) is 0.913. The van der Waals surface area contributed by atoms with Crippen LogP contribution in [0.4, 0.5) is 18.9 Å². The van der Waals surface area contributed by atoms with Crippen molar-refractivity contribution in [1.82, 2.24) is 0 Å². The van der Waals surface area contributed by atoms with E-state index < -0.39 is 35.7 Å². The molecule has 1 aliphatic carbocycles. The third-order valence-corrected chi connectivity index (χ3v) is 4.00. The Morgan fingerprint density at radius 3 is 2.52 bits per heavy atom. The Morgan fingerprint density at radius 1 is 1.16 bits per heavy atom. The number of hydrogen-bond acceptors (Lipinski definition) is 3. The first kappa shape index (κ1) is 17.0. The van der Waals surface area contributed by atoms with E-state index in [1.54, 1.807) is 6.92 Å². The van der Waals surface area contributed by atoms with Gasteiger partial charge in [0.2, 0.25) is 0 Å². The van der Waals surface area contributed by atoms with Crippen molar-refractivity contribution >= 4 is 17.4 Å². The second kappa shape index (κ2) is 6.58. The Morgan fingerprint density at radius 2 is 1.84 bits per heavy atom. The van der Waals surface area contributed by atoms with Crippen LogP contribution in [0.2, 0.25) is 0 Å². The molecule has 1 amide bonds. The SMILES string of the molecule is CC1CC(=O)c2c(OCC(=O)Nc3c(F)cccc3F)ccc(F)c21. The molecule has 0 aliphatic heterocycles. The fourth-order valence-electron chi connectivity index (χ4n) is 2.88. The van der Waals surface area contributed by atoms with Crippen LogP contribution in [-0.2, 0) is 4.79 Å². The van der Waals surface area contributed by atoms with Gasteiger partial charge in [0.25, 0.3) is 5.91 Å². The molecule has 25 heavy (non-hydrogen) atoms. The summed E-state index contributed by atoms with van der Waals surface area (Å²) in [5, 5.41) is 2.07. The minimum absolute atomic E-state index is 0.0786. The molecule has 130 valence electrons. The zero-order valence-corrected chi connectivity index (χ0v) is 13.2. The Bertz CT molecular complexity index is 847. The average Bonchev–Trinajstić information content (AvgIpc) is 2.86. The summed E-state index contributed by atoms with van der Waals surface area (Å²) < 4.78 is 46.2. The molecule has 0 saturated carbocycles. The molecule has 0 fully saturated rings. The van der Waals surface area contributed by atoms with Crippen molar-refractivity contribution in [2.45, 2.75) is 19.3 Å². The topological polar surface area (TPSA) is 55.4 Å². The van der Waals surface area contributed by atoms with E-state index in [1.165, 1.54) is 12.1 Å². The highest BCUT2D eigenvalue weighted by molar-refractivity contribution is 6.04. The Kier molecular flexibility index (Phi) is 4.48. The predicted octanol–water partition coefficient (Wildman–Crippen LogP) is 3.81. The summed E-state index contributed by atoms with van der Waals surface area (Å²) in [5.41, 5.74) is -0.189. The zero-order valence-electron chi connectivity index (χ0n) is 13.2. The van der Waals surface area contributed by atoms with Gasteiger partial charge in [0.15, 0.2) is 12.4 Å². The third kappa shape index (κ3) is 3.22. The van der Waals surface area contributed by atoms with Crippen molar-refractivity contribution < 1.29 is 27.5 Å². The van der Waals surface area contributed by atoms with Crippen molar-refractivity contribution in [3.63, 3.8) is 0 Å². The van der Waals surface area contributed by atoms with Crippen LogP contribution in [0.25, 0.3) is 0 Å². The molecule has 0 bridgehead atoms. The number of nitrogens with one attached hydrogen (secondary N) is 1. The van der Waals surface area contributed by atoms with Crippen molar-refractivity contribution in [3.8, 4) is 5.75 Å². The first-order valence-electron chi connectivity index (χ1n) is 7.60. The van der Waals surface area contributed by atoms with Gasteiger partial charge in [0, 0.05) is 12.0 Å². The van der Waals surface area contributed by atoms with E-state index in [-0.39, 0.29) is 35.0 Å². The van der Waals surface area contributed by atoms with Gasteiger partial charge >= 0.3 is 0 Å². The standard InChI is InChI=1S/C18H14F3NO3/c1-9-7-13(23)17-14(6-5-10(19)16(9)17)25-8-15(24)22-18-11(20)3-2-4-12(18)21/h2-6,9H,7-8H2,1H3,(H,22,24). The Labute approximate surface area is 141 Å². The van der Waals surface area contributed by atoms with Gasteiger partial charge in [-0.15, -0.1) is 0 Å². The minimum Gasteiger partial charge on any atom is -0.483 e. The second-order valence-electron chi connectivity index (χ2n) is 5.80. The minimum atomic E-state index is -0.917. The lowest BCUT2D eigenvalue weighted by molar-refractivity contribution is -0.118. The van der Waals surface area contributed by atoms with Crippen LogP contribution in [-0.4, -0.2) is 18.3 Å². The van der Waals surface area contributed by atoms with Crippen molar-refractivity contribution in [2.75, 3.05) is 11.9 Å². The molecule has 7 heteroatoms. The van der Waals surface area contributed by atoms with Crippen LogP contribution in [0.1, 0.15) is 35.2 Å². The van der Waals surface area contributed by atoms with Crippen molar-refractivity contribution in [1.29, 1.82) is 0 Å². The van der Waals surface area contributed by atoms with Crippen LogP contribution < -0.4 is 10.1 Å². The van der Waals surface area contributed by atoms with Gasteiger partial charge in [-0.3, -0.25) is 9.59 Å². The van der Waals surface area contributed by atoms with E-state index >= 15 is 0 Å². The summed E-state index contributed by atoms with van der Waals surface area (Å²) in [4.78, 5) is 23.9. The molecular formula is C18H14F3NO3. The summed E-state index contributed by atoms with van der Waals surface area (Å²) in [6, 6.07) is 5.61. The molecule has 0 spiro atoms. The molecule has 2 aromatic carbocycles. The lowest BCUT2D eigenvalue weighted by Gasteiger charge is -2.12. The number of amides is 1. The van der Waals surface area contributed by atoms with Gasteiger partial charge in [0.1, 0.15) is 28.9 Å². The molecule has 1 unspecified atom stereocenters. The Balaban J connectivity index is 1.75. The maximum Gasteiger partial charge on any atom is 0.262 e. The van der Waals surface area contributed by atoms with E-state index in [0.717, 1.165) is 18.2 Å². The van der Waals surface area contributed by atoms with Gasteiger partial charge in [-0.05, 0) is 30.2 Å². The molecule has 4 nitrogen and oxygen atoms in total. The molecule has 1 aliphatic rings. The lowest BCUT2D eigenvalue weighted by Crippen LogP contribution is -2.22. The van der Waals surface area contributed by atoms with E-state index in [4.69, 9.17) is 4.74 Å². The van der Waals surface area contributed by atoms with Gasteiger partial charge in [-0.25, -0.2) is 13.2 Å². The fraction of sp³-hybridized carbons (Fsp3) is 0.222. The molecular weight excluding hydrogens is 335 g/mol. The number of carbonyl (C=O) groups excluding carboxylic acids is 2. The van der Waals surface area contributed by atoms with Gasteiger partial charge in [0.05, 0.1) is 5.56 Å². The highest BCUT2D eigenvalue weighted by atomic mass is 19.1. The van der Waals surface area contributed by atoms with Crippen LogP contribution in [0.3, 0.4) is 0 Å². The van der Waals surface area contributed by atoms with E-state index in [0.29, 0.717) is 0 Å². The van der Waals surface area contributed by atoms with E-state index in [9.17, 15) is 22.8 Å². The Hall–Kier alpha value is -2.83. The summed E-state index contributed by atoms with van der Waals surface area (Å²) in [7, 11) is 0. The van der Waals surface area contributed by atoms with Gasteiger partial charge < -0.3 is 10.1 Å². The first-order chi connectivity index (χ1) is 11.9. The summed E-state index contributed by atoms with van der Waals surface area (Å²) in [6.45, 7) is 1.15. The number of rotatable bonds is 4. The van der Waals surface area contributed by atoms with E-state index in [2.05, 4.69) is 5.32 Å². The van der Waals surface area contributed by atoms with Gasteiger partial charge in [-0.1, -0.05) is 13.0 Å². The van der Waals surface area contributed by atoms with Crippen LogP contribution in [0.15, 0.2) is 30.3 Å². The number of ketones is 1. The molecule has 0 aromatic heterocycles. The number of carbonyl (C=O) groups is 2. The summed E-state index contributed by atoms with van der Waals surface area (Å²) in [5.74, 6) is -3.60. The molecule has 0 radical (unpaired) electrons. The van der Waals surface area contributed by atoms with Gasteiger partial charge in [-0.2, -0.15) is 0 Å². The van der Waals surface area contributed by atoms with Crippen molar-refractivity contribution in [2.24, 2.45) is 0 Å². The normalized spacial score (nSPS) is 15.8. The predicted molar refractivity (Wildman–Crippen MR) is 84.2 cm³/mol. The van der Waals surface area contributed by atoms with Crippen LogP contribution in [0, 0.1) is 17.5 Å². The number of Topliss-reactive ketones (excluding diaryl/α,β-unsaturated/α-hetero) is 1. The molecule has 3 rings (SSSR count). The fourth-order valence-corrected chi connectivity index (χ4v) is 2.88. The first-order valence-corrected chi connectivity index (χ1v) is 7.60. The number of anilines is 1. The zero-order chi connectivity index (χ0) is 18.1. The molecule has 1 N–H and O–H groups in total. The number of fused-ring (bicyclic) bond motifs is 1. The summed E-state index contributed by atoms with van der Waals surface area (Å²) >= 11 is 0. The number of ether oxygens (including phenoxy) is 1. The second-order valence-corrected chi connectivity index (χ2v) is 5.80. The monoisotopic (exact) mass is 349 g/mol. The third-order valence-electron chi connectivity index (χ3n) is 4.00. The highest BCUT2D eigenvalue weighted by Crippen LogP contribution is 2.39. The van der Waals surface area contributed by atoms with Crippen LogP contribution >= 0.6 is 0 Å². The highest BCUT2D eigenvalue weighted by Gasteiger charge is 2.32. The smallest absolute Gasteiger partial charge is 0.262 e. The summed E-state index contributed by atoms with van der Waals surface area (Å²) in [6.07, 6.45) is 0.166. The number of halogens is 3. The number of hydrogen-bond donors (Lipinski definition) is 1. The molecule has 1 atom stereocenters. The maximum atomic E-state index is 13.9. The number of benzene rings is 2. The molecule has 0 saturated heterocycles. The number of para-hydroxylation sites is 1. The average molecular weight is 349 g/mol. The molecule has 2 aromatic rings. The van der Waals surface area contributed by atoms with Crippen molar-refractivity contribution in [3.05, 3.63) is 58.9 Å². The molecule has 0 heterocycles. The van der Waals surface area contributed by atoms with E-state index in [1.807, 2.05) is 0 Å². The largest absolute Gasteiger partial charge is 0.483 e. The lowest BCUT2D eigenvalue weighted by atomic mass is 10.0.